The van der Waals surface area contributed by atoms with Gasteiger partial charge < -0.3 is 9.97 Å². The molecule has 0 saturated heterocycles. The van der Waals surface area contributed by atoms with Crippen molar-refractivity contribution in [1.29, 1.82) is 0 Å². The molecule has 0 unspecified atom stereocenters. The van der Waals surface area contributed by atoms with Gasteiger partial charge in [0.1, 0.15) is 0 Å². The number of nitrogens with zero attached hydrogens (tertiary/aromatic N) is 2. The van der Waals surface area contributed by atoms with Crippen molar-refractivity contribution in [3.63, 3.8) is 0 Å². The monoisotopic (exact) mass is 1010 g/mol. The first-order valence-corrected chi connectivity index (χ1v) is 38.3. The Kier molecular flexibility index (Phi) is 14.0. The molecule has 2 aliphatic rings. The maximum absolute atomic E-state index is 5.63. The smallest absolute Gasteiger partial charge is 0.0843 e. The third-order valence-corrected chi connectivity index (χ3v) is 28.0. The van der Waals surface area contributed by atoms with Crippen molar-refractivity contribution in [2.75, 3.05) is 0 Å². The molecule has 8 heteroatoms. The Labute approximate surface area is 432 Å². The van der Waals surface area contributed by atoms with Crippen LogP contribution in [0.15, 0.2) is 172 Å². The predicted molar refractivity (Wildman–Crippen MR) is 329 cm³/mol. The van der Waals surface area contributed by atoms with E-state index in [0.29, 0.717) is 0 Å². The van der Waals surface area contributed by atoms with E-state index in [9.17, 15) is 0 Å². The van der Waals surface area contributed by atoms with E-state index in [1.54, 1.807) is 0 Å². The molecular weight excluding hydrogens is 937 g/mol. The minimum absolute atomic E-state index is 0.908. The summed E-state index contributed by atoms with van der Waals surface area (Å²) < 4.78 is 0. The fraction of sp³-hybridized carbons (Fsp3) is 0.188. The van der Waals surface area contributed by atoms with Gasteiger partial charge in [0.15, 0.2) is 0 Å². The number of benzene rings is 4. The largest absolute Gasteiger partial charge is 0.354 e. The number of rotatable bonds is 16. The molecule has 362 valence electrons. The second kappa shape index (κ2) is 20.1. The average Bonchev–Trinajstić information content (AvgIpc) is 4.21. The van der Waals surface area contributed by atoms with Gasteiger partial charge in [-0.2, -0.15) is 0 Å². The van der Waals surface area contributed by atoms with E-state index < -0.39 is 32.3 Å². The molecule has 0 atom stereocenters. The molecule has 0 fully saturated rings. The molecule has 5 heterocycles. The molecule has 0 aliphatic carbocycles. The summed E-state index contributed by atoms with van der Waals surface area (Å²) in [5.41, 5.74) is 16.3. The highest BCUT2D eigenvalue weighted by atomic mass is 28.3. The lowest BCUT2D eigenvalue weighted by Gasteiger charge is -2.21. The third-order valence-electron chi connectivity index (χ3n) is 15.2. The highest BCUT2D eigenvalue weighted by Crippen LogP contribution is 2.39. The SMILES string of the molecule is C=CC[Si](C)(C)c1ccc(-c2c3nc(c(-c4ccc([Si](C)(C)CC=C)cc4)c4ccc([nH]4)c(-c4ccc([Si](C)(C)CC=C)cc4)c4nc(c(-c5ccc([Si](C)(C)CC=C)cc5)c5ccc2[nH]5)C=C4)C=C3)cc1. The molecule has 4 nitrogen and oxygen atoms in total. The number of hydrogen-bond acceptors (Lipinski definition) is 2. The molecule has 0 amide bonds. The van der Waals surface area contributed by atoms with Gasteiger partial charge in [0.05, 0.1) is 55.1 Å². The Morgan fingerprint density at radius 1 is 0.319 bits per heavy atom. The molecule has 7 aromatic rings. The van der Waals surface area contributed by atoms with Crippen molar-refractivity contribution in [3.8, 4) is 44.5 Å². The predicted octanol–water partition coefficient (Wildman–Crippen LogP) is 15.7. The van der Waals surface area contributed by atoms with Crippen molar-refractivity contribution in [2.24, 2.45) is 0 Å². The fourth-order valence-corrected chi connectivity index (χ4v) is 18.8. The van der Waals surface area contributed by atoms with Crippen LogP contribution in [0.25, 0.3) is 90.9 Å². The molecule has 0 saturated carbocycles. The van der Waals surface area contributed by atoms with Gasteiger partial charge >= 0.3 is 0 Å². The van der Waals surface area contributed by atoms with Crippen molar-refractivity contribution in [1.82, 2.24) is 19.9 Å². The second-order valence-electron chi connectivity index (χ2n) is 22.3. The summed E-state index contributed by atoms with van der Waals surface area (Å²) in [5.74, 6) is 0. The standard InChI is InChI=1S/C64H70N4Si4/c1-13-41-69(5,6)49-25-17-45(18-26-49)61-53-33-35-55(65-53)62(46-19-27-50(28-20-46)70(7,8)42-14-2)57-37-39-59(67-57)64(48-23-31-52(32-24-48)72(11,12)44-16-4)60-40-38-58(68-60)63(56-36-34-54(61)66-56)47-21-29-51(30-22-47)71(9,10)43-15-3/h13-40,65,68H,1-4,41-44H2,5-12H3. The highest BCUT2D eigenvalue weighted by Gasteiger charge is 2.27. The number of hydrogen-bond donors (Lipinski definition) is 2. The summed E-state index contributed by atoms with van der Waals surface area (Å²) in [6, 6.07) is 50.0. The van der Waals surface area contributed by atoms with E-state index in [2.05, 4.69) is 259 Å². The number of aromatic nitrogens is 4. The summed E-state index contributed by atoms with van der Waals surface area (Å²) in [6.07, 6.45) is 17.1. The Balaban J connectivity index is 1.39. The van der Waals surface area contributed by atoms with Crippen LogP contribution in [0.2, 0.25) is 76.6 Å². The quantitative estimate of drug-likeness (QED) is 0.0748. The molecule has 4 aromatic carbocycles. The molecule has 8 bridgehead atoms. The van der Waals surface area contributed by atoms with Crippen LogP contribution in [0, 0.1) is 0 Å². The van der Waals surface area contributed by atoms with Crippen molar-refractivity contribution in [2.45, 2.75) is 76.6 Å². The van der Waals surface area contributed by atoms with Crippen LogP contribution in [0.3, 0.4) is 0 Å². The fourth-order valence-electron chi connectivity index (χ4n) is 10.7. The Bertz CT molecular complexity index is 3000. The minimum Gasteiger partial charge on any atom is -0.354 e. The third kappa shape index (κ3) is 9.93. The molecule has 9 rings (SSSR count). The van der Waals surface area contributed by atoms with Crippen molar-refractivity contribution < 1.29 is 0 Å². The Morgan fingerprint density at radius 3 is 0.694 bits per heavy atom. The van der Waals surface area contributed by atoms with Crippen LogP contribution >= 0.6 is 0 Å². The maximum atomic E-state index is 5.63. The zero-order chi connectivity index (χ0) is 51.0. The van der Waals surface area contributed by atoms with E-state index in [1.807, 2.05) is 0 Å². The number of fused-ring (bicyclic) bond motifs is 8. The van der Waals surface area contributed by atoms with E-state index >= 15 is 0 Å². The summed E-state index contributed by atoms with van der Waals surface area (Å²) in [7, 11) is -6.85. The number of nitrogens with one attached hydrogen (secondary N) is 2. The van der Waals surface area contributed by atoms with E-state index in [0.717, 1.165) is 114 Å². The van der Waals surface area contributed by atoms with E-state index in [-0.39, 0.29) is 0 Å². The van der Waals surface area contributed by atoms with Gasteiger partial charge in [0.2, 0.25) is 0 Å². The van der Waals surface area contributed by atoms with E-state index in [4.69, 9.17) is 9.97 Å². The summed E-state index contributed by atoms with van der Waals surface area (Å²) in [6.45, 7) is 35.7. The first kappa shape index (κ1) is 50.3. The van der Waals surface area contributed by atoms with Gasteiger partial charge in [0.25, 0.3) is 0 Å². The zero-order valence-electron chi connectivity index (χ0n) is 43.7. The number of aromatic amines is 2. The first-order valence-electron chi connectivity index (χ1n) is 25.5. The van der Waals surface area contributed by atoms with Gasteiger partial charge in [-0.05, 0) is 95.0 Å². The lowest BCUT2D eigenvalue weighted by Crippen LogP contribution is -2.40. The number of allylic oxidation sites excluding steroid dienone is 4. The first-order chi connectivity index (χ1) is 34.5. The van der Waals surface area contributed by atoms with Gasteiger partial charge in [-0.3, -0.25) is 0 Å². The van der Waals surface area contributed by atoms with E-state index in [1.165, 1.54) is 20.7 Å². The molecule has 72 heavy (non-hydrogen) atoms. The maximum Gasteiger partial charge on any atom is 0.0843 e. The van der Waals surface area contributed by atoms with Crippen molar-refractivity contribution >= 4 is 99.4 Å². The van der Waals surface area contributed by atoms with Crippen LogP contribution in [0.4, 0.5) is 0 Å². The zero-order valence-corrected chi connectivity index (χ0v) is 47.7. The molecule has 3 aromatic heterocycles. The Hall–Kier alpha value is -6.69. The lowest BCUT2D eigenvalue weighted by molar-refractivity contribution is 1.31. The summed E-state index contributed by atoms with van der Waals surface area (Å²) in [5, 5.41) is 5.63. The molecular formula is C64H70N4Si4. The topological polar surface area (TPSA) is 57.4 Å². The summed E-state index contributed by atoms with van der Waals surface area (Å²) >= 11 is 0. The van der Waals surface area contributed by atoms with Crippen LogP contribution < -0.4 is 20.7 Å². The second-order valence-corrected chi connectivity index (χ2v) is 41.3. The summed E-state index contributed by atoms with van der Waals surface area (Å²) in [4.78, 5) is 19.2. The molecule has 2 aliphatic heterocycles. The highest BCUT2D eigenvalue weighted by molar-refractivity contribution is 6.91. The van der Waals surface area contributed by atoms with Crippen molar-refractivity contribution in [3.05, 3.63) is 195 Å². The Morgan fingerprint density at radius 2 is 0.514 bits per heavy atom. The van der Waals surface area contributed by atoms with Gasteiger partial charge in [0, 0.05) is 44.3 Å². The van der Waals surface area contributed by atoms with Crippen LogP contribution in [-0.2, 0) is 0 Å². The normalized spacial score (nSPS) is 12.8. The van der Waals surface area contributed by atoms with Crippen LogP contribution in [0.5, 0.6) is 0 Å². The van der Waals surface area contributed by atoms with Gasteiger partial charge in [-0.15, -0.1) is 26.3 Å². The molecule has 2 N–H and O–H groups in total. The van der Waals surface area contributed by atoms with Gasteiger partial charge in [-0.1, -0.05) is 194 Å². The minimum atomic E-state index is -1.71. The lowest BCUT2D eigenvalue weighted by atomic mass is 10.0. The number of H-pyrrole nitrogens is 2. The van der Waals surface area contributed by atoms with Gasteiger partial charge in [-0.25, -0.2) is 9.97 Å². The van der Waals surface area contributed by atoms with Crippen LogP contribution in [0.1, 0.15) is 22.8 Å². The van der Waals surface area contributed by atoms with Crippen LogP contribution in [-0.4, -0.2) is 52.2 Å². The molecule has 0 spiro atoms. The average molecular weight is 1010 g/mol. The molecule has 0 radical (unpaired) electrons.